The molecule has 2 heterocycles. The van der Waals surface area contributed by atoms with E-state index in [1.807, 2.05) is 0 Å². The molecule has 2 rings (SSSR count). The van der Waals surface area contributed by atoms with Crippen molar-refractivity contribution in [3.8, 4) is 0 Å². The molecular weight excluding hydrogens is 240 g/mol. The second kappa shape index (κ2) is 5.18. The summed E-state index contributed by atoms with van der Waals surface area (Å²) < 4.78 is 24.0. The van der Waals surface area contributed by atoms with E-state index in [0.717, 1.165) is 25.9 Å². The van der Waals surface area contributed by atoms with Crippen molar-refractivity contribution in [2.24, 2.45) is 5.73 Å². The minimum Gasteiger partial charge on any atom is -0.363 e. The molecule has 17 heavy (non-hydrogen) atoms. The largest absolute Gasteiger partial charge is 0.363 e. The monoisotopic (exact) mass is 258 g/mol. The van der Waals surface area contributed by atoms with Gasteiger partial charge < -0.3 is 10.7 Å². The van der Waals surface area contributed by atoms with Gasteiger partial charge in [-0.1, -0.05) is 6.42 Å². The van der Waals surface area contributed by atoms with Gasteiger partial charge in [-0.25, -0.2) is 13.4 Å². The third-order valence-corrected chi connectivity index (χ3v) is 4.21. The van der Waals surface area contributed by atoms with Gasteiger partial charge in [0.25, 0.3) is 10.0 Å². The van der Waals surface area contributed by atoms with E-state index >= 15 is 0 Å². The first-order chi connectivity index (χ1) is 8.12. The van der Waals surface area contributed by atoms with Crippen molar-refractivity contribution in [3.63, 3.8) is 0 Å². The molecule has 4 N–H and O–H groups in total. The summed E-state index contributed by atoms with van der Waals surface area (Å²) in [6.07, 6.45) is 4.70. The highest BCUT2D eigenvalue weighted by Crippen LogP contribution is 2.13. The van der Waals surface area contributed by atoms with Gasteiger partial charge in [-0.15, -0.1) is 4.83 Å². The first-order valence-electron chi connectivity index (χ1n) is 5.76. The molecule has 0 bridgehead atoms. The molecule has 0 atom stereocenters. The Morgan fingerprint density at radius 3 is 2.65 bits per heavy atom. The molecule has 1 fully saturated rings. The predicted molar refractivity (Wildman–Crippen MR) is 64.4 cm³/mol. The van der Waals surface area contributed by atoms with Gasteiger partial charge in [0.15, 0.2) is 0 Å². The van der Waals surface area contributed by atoms with Crippen molar-refractivity contribution in [1.82, 2.24) is 14.8 Å². The molecule has 96 valence electrons. The van der Waals surface area contributed by atoms with E-state index in [1.165, 1.54) is 12.6 Å². The zero-order valence-electron chi connectivity index (χ0n) is 9.65. The number of sulfonamides is 1. The normalized spacial score (nSPS) is 18.4. The number of hydrogen-bond acceptors (Lipinski definition) is 4. The predicted octanol–water partition coefficient (Wildman–Crippen LogP) is 0.153. The van der Waals surface area contributed by atoms with Crippen molar-refractivity contribution in [2.45, 2.75) is 30.7 Å². The van der Waals surface area contributed by atoms with Gasteiger partial charge in [-0.05, 0) is 18.9 Å². The Hall–Kier alpha value is -0.890. The molecule has 1 aromatic rings. The zero-order valence-corrected chi connectivity index (χ0v) is 10.5. The van der Waals surface area contributed by atoms with Crippen LogP contribution in [0.3, 0.4) is 0 Å². The summed E-state index contributed by atoms with van der Waals surface area (Å²) in [5, 5.41) is 1.76. The fraction of sp³-hybridized carbons (Fsp3) is 0.600. The van der Waals surface area contributed by atoms with E-state index in [9.17, 15) is 8.42 Å². The Bertz CT molecular complexity index is 462. The van der Waals surface area contributed by atoms with E-state index in [1.54, 1.807) is 11.1 Å². The zero-order chi connectivity index (χ0) is 12.3. The molecule has 0 radical (unpaired) electrons. The van der Waals surface area contributed by atoms with E-state index < -0.39 is 10.0 Å². The number of nitrogens with one attached hydrogen (secondary N) is 2. The number of nitrogens with zero attached hydrogens (tertiary/aromatic N) is 1. The average molecular weight is 258 g/mol. The molecule has 1 aliphatic heterocycles. The van der Waals surface area contributed by atoms with E-state index in [2.05, 4.69) is 9.82 Å². The Labute approximate surface area is 101 Å². The lowest BCUT2D eigenvalue weighted by Crippen LogP contribution is -2.44. The summed E-state index contributed by atoms with van der Waals surface area (Å²) in [6, 6.07) is 1.56. The highest BCUT2D eigenvalue weighted by atomic mass is 32.2. The van der Waals surface area contributed by atoms with E-state index in [0.29, 0.717) is 12.2 Å². The van der Waals surface area contributed by atoms with Gasteiger partial charge >= 0.3 is 0 Å². The number of hydrogen-bond donors (Lipinski definition) is 3. The van der Waals surface area contributed by atoms with Crippen LogP contribution in [0.5, 0.6) is 0 Å². The molecule has 0 spiro atoms. The second-order valence-corrected chi connectivity index (χ2v) is 5.87. The molecule has 1 saturated heterocycles. The molecule has 0 aliphatic carbocycles. The maximum absolute atomic E-state index is 12.0. The summed E-state index contributed by atoms with van der Waals surface area (Å²) in [4.78, 5) is 5.67. The SMILES string of the molecule is NCc1cc(S(=O)(=O)NN2CCCCC2)c[nH]1. The number of H-pyrrole nitrogens is 1. The number of nitrogens with two attached hydrogens (primary N) is 1. The van der Waals surface area contributed by atoms with Crippen molar-refractivity contribution >= 4 is 10.0 Å². The summed E-state index contributed by atoms with van der Waals surface area (Å²) >= 11 is 0. The summed E-state index contributed by atoms with van der Waals surface area (Å²) in [5.41, 5.74) is 6.15. The average Bonchev–Trinajstić information content (AvgIpc) is 2.79. The van der Waals surface area contributed by atoms with E-state index in [-0.39, 0.29) is 4.90 Å². The lowest BCUT2D eigenvalue weighted by Gasteiger charge is -2.26. The van der Waals surface area contributed by atoms with Gasteiger partial charge in [-0.2, -0.15) is 0 Å². The van der Waals surface area contributed by atoms with Crippen LogP contribution in [0.4, 0.5) is 0 Å². The van der Waals surface area contributed by atoms with E-state index in [4.69, 9.17) is 5.73 Å². The van der Waals surface area contributed by atoms with Crippen LogP contribution in [0.25, 0.3) is 0 Å². The number of piperidine rings is 1. The Balaban J connectivity index is 2.07. The molecule has 0 unspecified atom stereocenters. The number of hydrazine groups is 1. The van der Waals surface area contributed by atoms with Gasteiger partial charge in [0, 0.05) is 31.5 Å². The molecule has 6 nitrogen and oxygen atoms in total. The fourth-order valence-corrected chi connectivity index (χ4v) is 3.04. The first kappa shape index (κ1) is 12.6. The topological polar surface area (TPSA) is 91.2 Å². The Morgan fingerprint density at radius 1 is 1.35 bits per heavy atom. The minimum atomic E-state index is -3.46. The maximum Gasteiger partial charge on any atom is 0.254 e. The van der Waals surface area contributed by atoms with Gasteiger partial charge in [0.2, 0.25) is 0 Å². The number of rotatable bonds is 4. The smallest absolute Gasteiger partial charge is 0.254 e. The summed E-state index contributed by atoms with van der Waals surface area (Å²) in [6.45, 7) is 1.85. The van der Waals surface area contributed by atoms with Crippen molar-refractivity contribution in [3.05, 3.63) is 18.0 Å². The van der Waals surface area contributed by atoms with Gasteiger partial charge in [-0.3, -0.25) is 0 Å². The lowest BCUT2D eigenvalue weighted by atomic mass is 10.2. The standard InChI is InChI=1S/C10H18N4O2S/c11-7-9-6-10(8-12-9)17(15,16)13-14-4-2-1-3-5-14/h6,8,12-13H,1-5,7,11H2. The van der Waals surface area contributed by atoms with Crippen LogP contribution in [-0.4, -0.2) is 31.5 Å². The van der Waals surface area contributed by atoms with Crippen LogP contribution >= 0.6 is 0 Å². The maximum atomic E-state index is 12.0. The van der Waals surface area contributed by atoms with Crippen molar-refractivity contribution in [2.75, 3.05) is 13.1 Å². The molecular formula is C10H18N4O2S. The van der Waals surface area contributed by atoms with Crippen molar-refractivity contribution in [1.29, 1.82) is 0 Å². The first-order valence-corrected chi connectivity index (χ1v) is 7.25. The van der Waals surface area contributed by atoms with Crippen LogP contribution in [0.2, 0.25) is 0 Å². The molecule has 0 saturated carbocycles. The molecule has 7 heteroatoms. The van der Waals surface area contributed by atoms with Gasteiger partial charge in [0.05, 0.1) is 0 Å². The third kappa shape index (κ3) is 3.06. The summed E-state index contributed by atoms with van der Waals surface area (Å²) in [5.74, 6) is 0. The summed E-state index contributed by atoms with van der Waals surface area (Å²) in [7, 11) is -3.46. The Morgan fingerprint density at radius 2 is 2.06 bits per heavy atom. The van der Waals surface area contributed by atoms with Crippen LogP contribution in [-0.2, 0) is 16.6 Å². The van der Waals surface area contributed by atoms with Crippen LogP contribution in [0, 0.1) is 0 Å². The third-order valence-electron chi connectivity index (χ3n) is 2.85. The lowest BCUT2D eigenvalue weighted by molar-refractivity contribution is 0.200. The second-order valence-electron chi connectivity index (χ2n) is 4.21. The highest BCUT2D eigenvalue weighted by molar-refractivity contribution is 7.89. The molecule has 1 aliphatic rings. The van der Waals surface area contributed by atoms with Crippen molar-refractivity contribution < 1.29 is 8.42 Å². The molecule has 0 amide bonds. The quantitative estimate of drug-likeness (QED) is 0.717. The highest BCUT2D eigenvalue weighted by Gasteiger charge is 2.20. The Kier molecular flexibility index (Phi) is 3.82. The van der Waals surface area contributed by atoms with Crippen LogP contribution in [0.15, 0.2) is 17.2 Å². The number of aromatic nitrogens is 1. The van der Waals surface area contributed by atoms with Gasteiger partial charge in [0.1, 0.15) is 4.90 Å². The molecule has 0 aromatic carbocycles. The number of aromatic amines is 1. The van der Waals surface area contributed by atoms with Crippen LogP contribution in [0.1, 0.15) is 25.0 Å². The minimum absolute atomic E-state index is 0.239. The molecule has 1 aromatic heterocycles. The fourth-order valence-electron chi connectivity index (χ4n) is 1.90. The van der Waals surface area contributed by atoms with Crippen LogP contribution < -0.4 is 10.6 Å².